The van der Waals surface area contributed by atoms with Gasteiger partial charge in [0.15, 0.2) is 5.69 Å². The lowest BCUT2D eigenvalue weighted by Crippen LogP contribution is -2.03. The van der Waals surface area contributed by atoms with Crippen LogP contribution in [0.1, 0.15) is 15.5 Å². The van der Waals surface area contributed by atoms with E-state index in [0.717, 1.165) is 32.9 Å². The molecule has 0 aliphatic heterocycles. The molecule has 1 N–H and O–H groups in total. The molecule has 0 bridgehead atoms. The number of hydrogen-bond acceptors (Lipinski definition) is 4. The van der Waals surface area contributed by atoms with Gasteiger partial charge in [-0.05, 0) is 29.8 Å². The van der Waals surface area contributed by atoms with Gasteiger partial charge >= 0.3 is 5.97 Å². The third-order valence-electron chi connectivity index (χ3n) is 4.24. The fraction of sp³-hybridized carbons (Fsp3) is 0.100. The lowest BCUT2D eigenvalue weighted by molar-refractivity contribution is 0.0691. The highest BCUT2D eigenvalue weighted by molar-refractivity contribution is 7.09. The standard InChI is InChI=1S/C20H16N2O3S/c1-25-15-7-8-17-14(9-15)10-18(13-5-3-2-4-6-13)22(17)11-19-21-16(12-26-19)20(23)24/h2-10,12H,11H2,1H3,(H,23,24). The summed E-state index contributed by atoms with van der Waals surface area (Å²) in [5.74, 6) is -0.199. The van der Waals surface area contributed by atoms with Crippen LogP contribution in [0.3, 0.4) is 0 Å². The topological polar surface area (TPSA) is 64.4 Å². The summed E-state index contributed by atoms with van der Waals surface area (Å²) < 4.78 is 7.50. The number of benzene rings is 2. The zero-order chi connectivity index (χ0) is 18.1. The van der Waals surface area contributed by atoms with Gasteiger partial charge in [0.1, 0.15) is 10.8 Å². The Kier molecular flexibility index (Phi) is 4.18. The molecule has 0 saturated heterocycles. The average Bonchev–Trinajstić information content (AvgIpc) is 3.27. The molecule has 0 unspecified atom stereocenters. The number of carbonyl (C=O) groups is 1. The molecule has 0 atom stereocenters. The molecule has 6 heteroatoms. The first-order valence-corrected chi connectivity index (χ1v) is 8.94. The number of aromatic nitrogens is 2. The molecule has 0 spiro atoms. The molecule has 5 nitrogen and oxygen atoms in total. The van der Waals surface area contributed by atoms with Crippen molar-refractivity contribution in [3.63, 3.8) is 0 Å². The van der Waals surface area contributed by atoms with Gasteiger partial charge in [-0.2, -0.15) is 0 Å². The van der Waals surface area contributed by atoms with E-state index in [4.69, 9.17) is 9.84 Å². The quantitative estimate of drug-likeness (QED) is 0.565. The molecule has 0 aliphatic carbocycles. The first-order valence-electron chi connectivity index (χ1n) is 8.06. The molecule has 0 saturated carbocycles. The van der Waals surface area contributed by atoms with Gasteiger partial charge < -0.3 is 14.4 Å². The maximum atomic E-state index is 11.1. The second-order valence-electron chi connectivity index (χ2n) is 5.84. The van der Waals surface area contributed by atoms with Crippen molar-refractivity contribution < 1.29 is 14.6 Å². The van der Waals surface area contributed by atoms with E-state index >= 15 is 0 Å². The van der Waals surface area contributed by atoms with Crippen molar-refractivity contribution in [2.45, 2.75) is 6.54 Å². The van der Waals surface area contributed by atoms with Crippen molar-refractivity contribution in [1.82, 2.24) is 9.55 Å². The summed E-state index contributed by atoms with van der Waals surface area (Å²) in [5, 5.41) is 12.5. The summed E-state index contributed by atoms with van der Waals surface area (Å²) in [5.41, 5.74) is 3.29. The van der Waals surface area contributed by atoms with Gasteiger partial charge in [-0.25, -0.2) is 9.78 Å². The Morgan fingerprint density at radius 3 is 2.69 bits per heavy atom. The maximum absolute atomic E-state index is 11.1. The van der Waals surface area contributed by atoms with E-state index in [2.05, 4.69) is 27.8 Å². The Morgan fingerprint density at radius 2 is 2.00 bits per heavy atom. The van der Waals surface area contributed by atoms with Gasteiger partial charge in [-0.1, -0.05) is 30.3 Å². The largest absolute Gasteiger partial charge is 0.497 e. The molecule has 26 heavy (non-hydrogen) atoms. The van der Waals surface area contributed by atoms with Crippen molar-refractivity contribution in [3.05, 3.63) is 70.7 Å². The first-order chi connectivity index (χ1) is 12.7. The molecule has 0 amide bonds. The van der Waals surface area contributed by atoms with E-state index in [9.17, 15) is 4.79 Å². The third kappa shape index (κ3) is 2.95. The molecule has 0 aliphatic rings. The predicted octanol–water partition coefficient (Wildman–Crippen LogP) is 4.52. The molecule has 4 rings (SSSR count). The second-order valence-corrected chi connectivity index (χ2v) is 6.78. The number of carboxylic acids is 1. The lowest BCUT2D eigenvalue weighted by atomic mass is 10.1. The van der Waals surface area contributed by atoms with Gasteiger partial charge in [0.25, 0.3) is 0 Å². The van der Waals surface area contributed by atoms with Crippen LogP contribution < -0.4 is 4.74 Å². The highest BCUT2D eigenvalue weighted by atomic mass is 32.1. The summed E-state index contributed by atoms with van der Waals surface area (Å²) in [6.07, 6.45) is 0. The van der Waals surface area contributed by atoms with Crippen LogP contribution >= 0.6 is 11.3 Å². The smallest absolute Gasteiger partial charge is 0.355 e. The number of rotatable bonds is 5. The third-order valence-corrected chi connectivity index (χ3v) is 5.08. The van der Waals surface area contributed by atoms with Crippen LogP contribution in [0.25, 0.3) is 22.2 Å². The highest BCUT2D eigenvalue weighted by Crippen LogP contribution is 2.31. The zero-order valence-corrected chi connectivity index (χ0v) is 14.9. The predicted molar refractivity (Wildman–Crippen MR) is 102 cm³/mol. The summed E-state index contributed by atoms with van der Waals surface area (Å²) in [6, 6.07) is 18.2. The SMILES string of the molecule is COc1ccc2c(c1)cc(-c1ccccc1)n2Cc1nc(C(=O)O)cs1. The number of thiazole rings is 1. The Bertz CT molecular complexity index is 1080. The number of hydrogen-bond donors (Lipinski definition) is 1. The molecule has 0 fully saturated rings. The summed E-state index contributed by atoms with van der Waals surface area (Å²) in [4.78, 5) is 15.3. The van der Waals surface area contributed by atoms with E-state index in [1.165, 1.54) is 11.3 Å². The van der Waals surface area contributed by atoms with Gasteiger partial charge in [0.05, 0.1) is 13.7 Å². The normalized spacial score (nSPS) is 11.0. The highest BCUT2D eigenvalue weighted by Gasteiger charge is 2.15. The van der Waals surface area contributed by atoms with Gasteiger partial charge in [0.2, 0.25) is 0 Å². The lowest BCUT2D eigenvalue weighted by Gasteiger charge is -2.10. The van der Waals surface area contributed by atoms with Gasteiger partial charge in [-0.15, -0.1) is 11.3 Å². The fourth-order valence-corrected chi connectivity index (χ4v) is 3.77. The Hall–Kier alpha value is -3.12. The number of ether oxygens (including phenoxy) is 1. The average molecular weight is 364 g/mol. The van der Waals surface area contributed by atoms with Crippen molar-refractivity contribution >= 4 is 28.2 Å². The molecule has 130 valence electrons. The Morgan fingerprint density at radius 1 is 1.19 bits per heavy atom. The van der Waals surface area contributed by atoms with Crippen LogP contribution in [-0.4, -0.2) is 27.7 Å². The van der Waals surface area contributed by atoms with Crippen molar-refractivity contribution in [2.24, 2.45) is 0 Å². The van der Waals surface area contributed by atoms with Crippen LogP contribution in [-0.2, 0) is 6.54 Å². The fourth-order valence-electron chi connectivity index (χ4n) is 3.01. The minimum Gasteiger partial charge on any atom is -0.497 e. The number of nitrogens with zero attached hydrogens (tertiary/aromatic N) is 2. The van der Waals surface area contributed by atoms with Crippen molar-refractivity contribution in [2.75, 3.05) is 7.11 Å². The van der Waals surface area contributed by atoms with E-state index < -0.39 is 5.97 Å². The Balaban J connectivity index is 1.85. The molecule has 2 heterocycles. The van der Waals surface area contributed by atoms with Crippen LogP contribution in [0, 0.1) is 0 Å². The summed E-state index contributed by atoms with van der Waals surface area (Å²) in [7, 11) is 1.65. The molecule has 2 aromatic heterocycles. The minimum absolute atomic E-state index is 0.0874. The van der Waals surface area contributed by atoms with E-state index in [-0.39, 0.29) is 5.69 Å². The van der Waals surface area contributed by atoms with Crippen LogP contribution in [0.5, 0.6) is 5.75 Å². The molecular formula is C20H16N2O3S. The zero-order valence-electron chi connectivity index (χ0n) is 14.0. The Labute approximate surface area is 154 Å². The second kappa shape index (κ2) is 6.65. The monoisotopic (exact) mass is 364 g/mol. The minimum atomic E-state index is -1.00. The van der Waals surface area contributed by atoms with Gasteiger partial charge in [0, 0.05) is 22.0 Å². The van der Waals surface area contributed by atoms with E-state index in [1.807, 2.05) is 36.4 Å². The maximum Gasteiger partial charge on any atom is 0.355 e. The van der Waals surface area contributed by atoms with Crippen molar-refractivity contribution in [1.29, 1.82) is 0 Å². The number of fused-ring (bicyclic) bond motifs is 1. The van der Waals surface area contributed by atoms with E-state index in [0.29, 0.717) is 6.54 Å². The van der Waals surface area contributed by atoms with E-state index in [1.54, 1.807) is 12.5 Å². The summed E-state index contributed by atoms with van der Waals surface area (Å²) in [6.45, 7) is 0.512. The van der Waals surface area contributed by atoms with Crippen molar-refractivity contribution in [3.8, 4) is 17.0 Å². The molecular weight excluding hydrogens is 348 g/mol. The molecule has 2 aromatic carbocycles. The first kappa shape index (κ1) is 16.4. The molecule has 0 radical (unpaired) electrons. The van der Waals surface area contributed by atoms with Crippen LogP contribution in [0.15, 0.2) is 60.0 Å². The van der Waals surface area contributed by atoms with Gasteiger partial charge in [-0.3, -0.25) is 0 Å². The summed E-state index contributed by atoms with van der Waals surface area (Å²) >= 11 is 1.36. The van der Waals surface area contributed by atoms with Crippen LogP contribution in [0.2, 0.25) is 0 Å². The van der Waals surface area contributed by atoms with Crippen LogP contribution in [0.4, 0.5) is 0 Å². The number of aromatic carboxylic acids is 1. The molecule has 4 aromatic rings. The number of carboxylic acid groups (broad SMARTS) is 1. The number of methoxy groups -OCH3 is 1.